The van der Waals surface area contributed by atoms with Crippen LogP contribution >= 0.6 is 0 Å². The van der Waals surface area contributed by atoms with Gasteiger partial charge in [-0.3, -0.25) is 14.3 Å². The molecule has 2 N–H and O–H groups in total. The van der Waals surface area contributed by atoms with E-state index in [1.54, 1.807) is 0 Å². The summed E-state index contributed by atoms with van der Waals surface area (Å²) in [6.07, 6.45) is -0.382. The molecule has 0 bridgehead atoms. The van der Waals surface area contributed by atoms with Crippen molar-refractivity contribution in [2.75, 3.05) is 13.7 Å². The first-order chi connectivity index (χ1) is 9.97. The number of methoxy groups -OCH3 is 1. The van der Waals surface area contributed by atoms with Gasteiger partial charge in [-0.15, -0.1) is 0 Å². The zero-order chi connectivity index (χ0) is 15.6. The second-order valence-electron chi connectivity index (χ2n) is 4.79. The third kappa shape index (κ3) is 3.01. The molecule has 0 aromatic carbocycles. The Labute approximate surface area is 120 Å². The Hall–Kier alpha value is -2.06. The van der Waals surface area contributed by atoms with Crippen molar-refractivity contribution in [3.8, 4) is 0 Å². The van der Waals surface area contributed by atoms with Crippen LogP contribution in [0.5, 0.6) is 0 Å². The molecule has 0 radical (unpaired) electrons. The molecular formula is C13H18N2O6. The number of hydrogen-bond acceptors (Lipinski definition) is 6. The predicted octanol–water partition coefficient (Wildman–Crippen LogP) is -0.291. The summed E-state index contributed by atoms with van der Waals surface area (Å²) in [7, 11) is 1.45. The predicted molar refractivity (Wildman–Crippen MR) is 72.6 cm³/mol. The maximum absolute atomic E-state index is 11.9. The van der Waals surface area contributed by atoms with Crippen LogP contribution in [0.1, 0.15) is 20.1 Å². The van der Waals surface area contributed by atoms with E-state index in [1.165, 1.54) is 23.9 Å². The molecule has 2 rings (SSSR count). The van der Waals surface area contributed by atoms with E-state index in [1.807, 2.05) is 13.8 Å². The van der Waals surface area contributed by atoms with E-state index in [0.717, 1.165) is 0 Å². The summed E-state index contributed by atoms with van der Waals surface area (Å²) in [5, 5.41) is 9.38. The summed E-state index contributed by atoms with van der Waals surface area (Å²) in [6.45, 7) is 3.28. The molecule has 8 heteroatoms. The normalized spacial score (nSPS) is 21.8. The average Bonchev–Trinajstić information content (AvgIpc) is 2.75. The molecule has 0 fully saturated rings. The Morgan fingerprint density at radius 2 is 2.19 bits per heavy atom. The van der Waals surface area contributed by atoms with Crippen LogP contribution in [0.15, 0.2) is 33.4 Å². The van der Waals surface area contributed by atoms with Crippen LogP contribution in [0.25, 0.3) is 0 Å². The number of nitrogens with zero attached hydrogens (tertiary/aromatic N) is 1. The third-order valence-corrected chi connectivity index (χ3v) is 2.94. The minimum atomic E-state index is -0.852. The average molecular weight is 298 g/mol. The lowest BCUT2D eigenvalue weighted by atomic mass is 10.2. The van der Waals surface area contributed by atoms with Crippen LogP contribution in [-0.2, 0) is 14.2 Å². The van der Waals surface area contributed by atoms with Gasteiger partial charge >= 0.3 is 5.69 Å². The molecule has 21 heavy (non-hydrogen) atoms. The number of aromatic nitrogens is 2. The zero-order valence-corrected chi connectivity index (χ0v) is 12.0. The highest BCUT2D eigenvalue weighted by atomic mass is 16.6. The maximum Gasteiger partial charge on any atom is 0.331 e. The summed E-state index contributed by atoms with van der Waals surface area (Å²) in [5.74, 6) is 0.553. The lowest BCUT2D eigenvalue weighted by Gasteiger charge is -2.22. The lowest BCUT2D eigenvalue weighted by Crippen LogP contribution is -2.36. The molecule has 0 saturated heterocycles. The molecule has 1 aromatic heterocycles. The molecular weight excluding hydrogens is 280 g/mol. The van der Waals surface area contributed by atoms with Crippen LogP contribution < -0.4 is 11.2 Å². The first-order valence-corrected chi connectivity index (χ1v) is 6.49. The smallest absolute Gasteiger partial charge is 0.331 e. The lowest BCUT2D eigenvalue weighted by molar-refractivity contribution is -0.0447. The van der Waals surface area contributed by atoms with Crippen molar-refractivity contribution in [3.05, 3.63) is 44.6 Å². The van der Waals surface area contributed by atoms with Crippen molar-refractivity contribution in [1.29, 1.82) is 0 Å². The fourth-order valence-corrected chi connectivity index (χ4v) is 2.11. The molecule has 1 aliphatic heterocycles. The first-order valence-electron chi connectivity index (χ1n) is 6.49. The van der Waals surface area contributed by atoms with Gasteiger partial charge in [0.1, 0.15) is 6.61 Å². The van der Waals surface area contributed by atoms with Gasteiger partial charge in [0.25, 0.3) is 5.56 Å². The van der Waals surface area contributed by atoms with E-state index in [4.69, 9.17) is 14.2 Å². The summed E-state index contributed by atoms with van der Waals surface area (Å²) in [4.78, 5) is 25.1. The highest BCUT2D eigenvalue weighted by molar-refractivity contribution is 5.15. The summed E-state index contributed by atoms with van der Waals surface area (Å²) in [5.41, 5.74) is -1.13. The van der Waals surface area contributed by atoms with E-state index >= 15 is 0 Å². The number of aliphatic hydroxyl groups excluding tert-OH is 1. The molecule has 2 heterocycles. The number of ether oxygens (including phenoxy) is 3. The zero-order valence-electron chi connectivity index (χ0n) is 12.0. The van der Waals surface area contributed by atoms with Gasteiger partial charge in [0.15, 0.2) is 17.6 Å². The van der Waals surface area contributed by atoms with E-state index < -0.39 is 23.6 Å². The van der Waals surface area contributed by atoms with Crippen molar-refractivity contribution >= 4 is 0 Å². The maximum atomic E-state index is 11.9. The summed E-state index contributed by atoms with van der Waals surface area (Å²) >= 11 is 0. The van der Waals surface area contributed by atoms with Gasteiger partial charge in [0.05, 0.1) is 6.10 Å². The summed E-state index contributed by atoms with van der Waals surface area (Å²) < 4.78 is 17.7. The molecule has 1 aromatic rings. The van der Waals surface area contributed by atoms with Gasteiger partial charge in [0.2, 0.25) is 6.23 Å². The molecule has 8 nitrogen and oxygen atoms in total. The van der Waals surface area contributed by atoms with Crippen LogP contribution in [0.4, 0.5) is 0 Å². The van der Waals surface area contributed by atoms with Crippen molar-refractivity contribution in [1.82, 2.24) is 9.55 Å². The molecule has 0 saturated carbocycles. The molecule has 1 aliphatic rings. The molecule has 0 amide bonds. The molecule has 2 atom stereocenters. The molecule has 0 spiro atoms. The van der Waals surface area contributed by atoms with Gasteiger partial charge in [-0.2, -0.15) is 0 Å². The van der Waals surface area contributed by atoms with Crippen LogP contribution in [-0.4, -0.2) is 40.6 Å². The number of hydrogen-bond donors (Lipinski definition) is 2. The standard InChI is InChI=1S/C13H18N2O6/c1-7(2)20-10-8(6-16)21-12(11(10)19-3)15-5-4-9(17)14-13(15)18/h4-5,7,11-12,16H,6H2,1-3H3,(H,14,17,18)/t11?,12-/m1/s1. The highest BCUT2D eigenvalue weighted by Crippen LogP contribution is 2.34. The van der Waals surface area contributed by atoms with Crippen molar-refractivity contribution in [2.45, 2.75) is 32.3 Å². The van der Waals surface area contributed by atoms with E-state index in [2.05, 4.69) is 4.98 Å². The van der Waals surface area contributed by atoms with Crippen LogP contribution in [0.3, 0.4) is 0 Å². The Morgan fingerprint density at radius 1 is 1.48 bits per heavy atom. The second kappa shape index (κ2) is 6.15. The van der Waals surface area contributed by atoms with E-state index in [0.29, 0.717) is 5.76 Å². The number of nitrogens with one attached hydrogen (secondary N) is 1. The number of rotatable bonds is 5. The fraction of sp³-hybridized carbons (Fsp3) is 0.538. The SMILES string of the molecule is COC1C(OC(C)C)=C(CO)O[C@H]1n1ccc(=O)[nH]c1=O. The van der Waals surface area contributed by atoms with Gasteiger partial charge in [-0.1, -0.05) is 0 Å². The number of H-pyrrole nitrogens is 1. The molecule has 1 unspecified atom stereocenters. The van der Waals surface area contributed by atoms with Gasteiger partial charge < -0.3 is 19.3 Å². The highest BCUT2D eigenvalue weighted by Gasteiger charge is 2.40. The van der Waals surface area contributed by atoms with Crippen molar-refractivity contribution < 1.29 is 19.3 Å². The Balaban J connectivity index is 2.39. The van der Waals surface area contributed by atoms with Crippen LogP contribution in [0.2, 0.25) is 0 Å². The molecule has 116 valence electrons. The summed E-state index contributed by atoms with van der Waals surface area (Å²) in [6, 6.07) is 1.21. The minimum Gasteiger partial charge on any atom is -0.489 e. The topological polar surface area (TPSA) is 103 Å². The van der Waals surface area contributed by atoms with E-state index in [-0.39, 0.29) is 18.5 Å². The quantitative estimate of drug-likeness (QED) is 0.774. The fourth-order valence-electron chi connectivity index (χ4n) is 2.11. The number of aromatic amines is 1. The van der Waals surface area contributed by atoms with Gasteiger partial charge in [-0.05, 0) is 13.8 Å². The van der Waals surface area contributed by atoms with Gasteiger partial charge in [0, 0.05) is 19.4 Å². The Kier molecular flexibility index (Phi) is 4.49. The Morgan fingerprint density at radius 3 is 2.71 bits per heavy atom. The number of aliphatic hydroxyl groups is 1. The second-order valence-corrected chi connectivity index (χ2v) is 4.79. The third-order valence-electron chi connectivity index (χ3n) is 2.94. The van der Waals surface area contributed by atoms with Crippen molar-refractivity contribution in [3.63, 3.8) is 0 Å². The molecule has 0 aliphatic carbocycles. The largest absolute Gasteiger partial charge is 0.489 e. The monoisotopic (exact) mass is 298 g/mol. The van der Waals surface area contributed by atoms with Crippen LogP contribution in [0, 0.1) is 0 Å². The van der Waals surface area contributed by atoms with Crippen molar-refractivity contribution in [2.24, 2.45) is 0 Å². The minimum absolute atomic E-state index is 0.145. The Bertz CT molecular complexity index is 645. The van der Waals surface area contributed by atoms with E-state index in [9.17, 15) is 14.7 Å². The van der Waals surface area contributed by atoms with Gasteiger partial charge in [-0.25, -0.2) is 4.79 Å². The first kappa shape index (κ1) is 15.3.